The number of aromatic nitrogens is 1. The molecule has 20 heavy (non-hydrogen) atoms. The molecular weight excluding hydrogens is 246 g/mol. The zero-order chi connectivity index (χ0) is 14.6. The standard InChI is InChI=1S/C17H25N3/c1-17(2,3)19-11-12-20(4)13-16-15-8-6-5-7-14(15)9-10-18-16/h5-10,19H,11-13H2,1-4H3. The summed E-state index contributed by atoms with van der Waals surface area (Å²) in [5, 5.41) is 6.03. The average molecular weight is 271 g/mol. The lowest BCUT2D eigenvalue weighted by Gasteiger charge is -2.23. The van der Waals surface area contributed by atoms with Gasteiger partial charge < -0.3 is 5.32 Å². The van der Waals surface area contributed by atoms with Crippen molar-refractivity contribution in [3.05, 3.63) is 42.2 Å². The fraction of sp³-hybridized carbons (Fsp3) is 0.471. The highest BCUT2D eigenvalue weighted by atomic mass is 15.1. The van der Waals surface area contributed by atoms with Crippen LogP contribution in [0.25, 0.3) is 10.8 Å². The summed E-state index contributed by atoms with van der Waals surface area (Å²) in [7, 11) is 2.15. The summed E-state index contributed by atoms with van der Waals surface area (Å²) < 4.78 is 0. The van der Waals surface area contributed by atoms with Gasteiger partial charge >= 0.3 is 0 Å². The van der Waals surface area contributed by atoms with E-state index in [2.05, 4.69) is 73.4 Å². The second-order valence-electron chi connectivity index (χ2n) is 6.39. The molecule has 108 valence electrons. The number of nitrogens with one attached hydrogen (secondary N) is 1. The predicted molar refractivity (Wildman–Crippen MR) is 85.8 cm³/mol. The number of benzene rings is 1. The molecule has 0 aliphatic rings. The maximum Gasteiger partial charge on any atom is 0.0622 e. The van der Waals surface area contributed by atoms with Crippen molar-refractivity contribution in [2.24, 2.45) is 0 Å². The first-order chi connectivity index (χ1) is 9.46. The van der Waals surface area contributed by atoms with E-state index in [1.807, 2.05) is 6.20 Å². The minimum atomic E-state index is 0.179. The van der Waals surface area contributed by atoms with Crippen LogP contribution in [-0.2, 0) is 6.54 Å². The Kier molecular flexibility index (Phi) is 4.73. The summed E-state index contributed by atoms with van der Waals surface area (Å²) in [4.78, 5) is 6.85. The van der Waals surface area contributed by atoms with Crippen LogP contribution in [0.15, 0.2) is 36.5 Å². The van der Waals surface area contributed by atoms with Gasteiger partial charge in [0.1, 0.15) is 0 Å². The molecule has 0 saturated carbocycles. The van der Waals surface area contributed by atoms with Gasteiger partial charge in [-0.3, -0.25) is 9.88 Å². The fourth-order valence-corrected chi connectivity index (χ4v) is 2.26. The maximum absolute atomic E-state index is 4.54. The molecule has 2 aromatic rings. The Morgan fingerprint density at radius 2 is 1.90 bits per heavy atom. The highest BCUT2D eigenvalue weighted by Crippen LogP contribution is 2.17. The van der Waals surface area contributed by atoms with Crippen LogP contribution < -0.4 is 5.32 Å². The minimum Gasteiger partial charge on any atom is -0.311 e. The molecule has 1 aromatic carbocycles. The van der Waals surface area contributed by atoms with Gasteiger partial charge in [-0.1, -0.05) is 24.3 Å². The van der Waals surface area contributed by atoms with Gasteiger partial charge in [0.25, 0.3) is 0 Å². The van der Waals surface area contributed by atoms with Crippen LogP contribution in [0.5, 0.6) is 0 Å². The minimum absolute atomic E-state index is 0.179. The molecule has 0 fully saturated rings. The molecule has 0 saturated heterocycles. The van der Waals surface area contributed by atoms with E-state index in [1.165, 1.54) is 10.8 Å². The summed E-state index contributed by atoms with van der Waals surface area (Å²) in [5.41, 5.74) is 1.33. The van der Waals surface area contributed by atoms with Crippen LogP contribution in [-0.4, -0.2) is 35.6 Å². The van der Waals surface area contributed by atoms with Crippen molar-refractivity contribution < 1.29 is 0 Å². The molecule has 0 spiro atoms. The molecule has 0 atom stereocenters. The average Bonchev–Trinajstić information content (AvgIpc) is 2.37. The Balaban J connectivity index is 1.98. The number of fused-ring (bicyclic) bond motifs is 1. The van der Waals surface area contributed by atoms with E-state index in [0.29, 0.717) is 0 Å². The highest BCUT2D eigenvalue weighted by Gasteiger charge is 2.09. The molecule has 0 bridgehead atoms. The van der Waals surface area contributed by atoms with E-state index in [1.54, 1.807) is 0 Å². The molecule has 1 N–H and O–H groups in total. The molecule has 0 aliphatic heterocycles. The molecule has 3 nitrogen and oxygen atoms in total. The number of pyridine rings is 1. The summed E-state index contributed by atoms with van der Waals surface area (Å²) in [6, 6.07) is 10.5. The highest BCUT2D eigenvalue weighted by molar-refractivity contribution is 5.84. The first kappa shape index (κ1) is 14.9. The Morgan fingerprint density at radius 1 is 1.15 bits per heavy atom. The van der Waals surface area contributed by atoms with Gasteiger partial charge in [-0.05, 0) is 39.3 Å². The number of nitrogens with zero attached hydrogens (tertiary/aromatic N) is 2. The largest absolute Gasteiger partial charge is 0.311 e. The van der Waals surface area contributed by atoms with Crippen LogP contribution in [0, 0.1) is 0 Å². The number of hydrogen-bond acceptors (Lipinski definition) is 3. The van der Waals surface area contributed by atoms with Crippen LogP contribution in [0.4, 0.5) is 0 Å². The third-order valence-electron chi connectivity index (χ3n) is 3.32. The molecule has 3 heteroatoms. The van der Waals surface area contributed by atoms with Gasteiger partial charge in [-0.15, -0.1) is 0 Å². The van der Waals surface area contributed by atoms with Gasteiger partial charge in [0, 0.05) is 36.8 Å². The van der Waals surface area contributed by atoms with Gasteiger partial charge in [-0.25, -0.2) is 0 Å². The molecule has 0 aliphatic carbocycles. The lowest BCUT2D eigenvalue weighted by atomic mass is 10.1. The fourth-order valence-electron chi connectivity index (χ4n) is 2.26. The Labute approximate surface area is 122 Å². The Hall–Kier alpha value is -1.45. The third-order valence-corrected chi connectivity index (χ3v) is 3.32. The normalized spacial score (nSPS) is 12.2. The number of hydrogen-bond donors (Lipinski definition) is 1. The van der Waals surface area contributed by atoms with Crippen LogP contribution in [0.1, 0.15) is 26.5 Å². The van der Waals surface area contributed by atoms with Gasteiger partial charge in [-0.2, -0.15) is 0 Å². The molecule has 0 unspecified atom stereocenters. The molecule has 2 rings (SSSR count). The monoisotopic (exact) mass is 271 g/mol. The van der Waals surface area contributed by atoms with E-state index in [9.17, 15) is 0 Å². The first-order valence-electron chi connectivity index (χ1n) is 7.22. The summed E-state index contributed by atoms with van der Waals surface area (Å²) in [6.45, 7) is 9.47. The van der Waals surface area contributed by atoms with Crippen LogP contribution in [0.3, 0.4) is 0 Å². The van der Waals surface area contributed by atoms with E-state index in [0.717, 1.165) is 25.3 Å². The maximum atomic E-state index is 4.54. The zero-order valence-corrected chi connectivity index (χ0v) is 13.0. The molecule has 1 aromatic heterocycles. The topological polar surface area (TPSA) is 28.2 Å². The lowest BCUT2D eigenvalue weighted by Crippen LogP contribution is -2.40. The lowest BCUT2D eigenvalue weighted by molar-refractivity contribution is 0.301. The van der Waals surface area contributed by atoms with Crippen LogP contribution >= 0.6 is 0 Å². The third kappa shape index (κ3) is 4.29. The van der Waals surface area contributed by atoms with E-state index in [-0.39, 0.29) is 5.54 Å². The first-order valence-corrected chi connectivity index (χ1v) is 7.22. The quantitative estimate of drug-likeness (QED) is 0.906. The predicted octanol–water partition coefficient (Wildman–Crippen LogP) is 3.05. The molecule has 0 radical (unpaired) electrons. The second kappa shape index (κ2) is 6.33. The van der Waals surface area contributed by atoms with E-state index in [4.69, 9.17) is 0 Å². The van der Waals surface area contributed by atoms with Crippen molar-refractivity contribution in [1.82, 2.24) is 15.2 Å². The van der Waals surface area contributed by atoms with Gasteiger partial charge in [0.05, 0.1) is 5.69 Å². The summed E-state index contributed by atoms with van der Waals surface area (Å²) >= 11 is 0. The molecule has 0 amide bonds. The van der Waals surface area contributed by atoms with Crippen molar-refractivity contribution in [1.29, 1.82) is 0 Å². The van der Waals surface area contributed by atoms with Gasteiger partial charge in [0.15, 0.2) is 0 Å². The Morgan fingerprint density at radius 3 is 2.65 bits per heavy atom. The van der Waals surface area contributed by atoms with E-state index < -0.39 is 0 Å². The smallest absolute Gasteiger partial charge is 0.0622 e. The number of rotatable bonds is 5. The van der Waals surface area contributed by atoms with Crippen molar-refractivity contribution in [3.8, 4) is 0 Å². The van der Waals surface area contributed by atoms with E-state index >= 15 is 0 Å². The molecular formula is C17H25N3. The van der Waals surface area contributed by atoms with Crippen molar-refractivity contribution >= 4 is 10.8 Å². The molecule has 1 heterocycles. The Bertz CT molecular complexity index is 552. The SMILES string of the molecule is CN(CCNC(C)(C)C)Cc1nccc2ccccc12. The zero-order valence-electron chi connectivity index (χ0n) is 13.0. The van der Waals surface area contributed by atoms with Crippen LogP contribution in [0.2, 0.25) is 0 Å². The summed E-state index contributed by atoms with van der Waals surface area (Å²) in [5.74, 6) is 0. The summed E-state index contributed by atoms with van der Waals surface area (Å²) in [6.07, 6.45) is 1.90. The van der Waals surface area contributed by atoms with Crippen molar-refractivity contribution in [2.75, 3.05) is 20.1 Å². The van der Waals surface area contributed by atoms with Gasteiger partial charge in [0.2, 0.25) is 0 Å². The second-order valence-corrected chi connectivity index (χ2v) is 6.39. The van der Waals surface area contributed by atoms with Crippen molar-refractivity contribution in [3.63, 3.8) is 0 Å². The van der Waals surface area contributed by atoms with Crippen molar-refractivity contribution in [2.45, 2.75) is 32.9 Å². The number of likely N-dealkylation sites (N-methyl/N-ethyl adjacent to an activating group) is 1.